The van der Waals surface area contributed by atoms with Crippen LogP contribution in [-0.2, 0) is 0 Å². The predicted molar refractivity (Wildman–Crippen MR) is 55.8 cm³/mol. The van der Waals surface area contributed by atoms with Gasteiger partial charge in [-0.25, -0.2) is 4.39 Å². The van der Waals surface area contributed by atoms with Crippen molar-refractivity contribution in [1.82, 2.24) is 0 Å². The Hall–Kier alpha value is -0.700. The van der Waals surface area contributed by atoms with E-state index in [-0.39, 0.29) is 11.6 Å². The lowest BCUT2D eigenvalue weighted by atomic mass is 10.1. The number of Topliss-reactive ketones (excluding diaryl/α,β-unsaturated/α-hetero) is 1. The molecule has 3 heteroatoms. The molecule has 0 saturated heterocycles. The molecule has 2 rings (SSSR count). The summed E-state index contributed by atoms with van der Waals surface area (Å²) in [6.07, 6.45) is 2.85. The van der Waals surface area contributed by atoms with Crippen LogP contribution in [0.1, 0.15) is 29.6 Å². The van der Waals surface area contributed by atoms with Gasteiger partial charge in [-0.3, -0.25) is 4.79 Å². The zero-order valence-electron chi connectivity index (χ0n) is 7.59. The molecule has 1 nitrogen and oxygen atoms in total. The van der Waals surface area contributed by atoms with E-state index in [4.69, 9.17) is 0 Å². The highest BCUT2D eigenvalue weighted by molar-refractivity contribution is 9.10. The number of benzene rings is 1. The first kappa shape index (κ1) is 9.84. The van der Waals surface area contributed by atoms with Crippen molar-refractivity contribution >= 4 is 21.7 Å². The molecule has 0 aromatic heterocycles. The van der Waals surface area contributed by atoms with E-state index in [0.29, 0.717) is 22.4 Å². The second kappa shape index (κ2) is 3.81. The van der Waals surface area contributed by atoms with Gasteiger partial charge in [0, 0.05) is 16.5 Å². The minimum absolute atomic E-state index is 0.0488. The Bertz CT molecular complexity index is 351. The predicted octanol–water partition coefficient (Wildman–Crippen LogP) is 3.57. The van der Waals surface area contributed by atoms with E-state index < -0.39 is 0 Å². The van der Waals surface area contributed by atoms with Gasteiger partial charge in [-0.15, -0.1) is 0 Å². The van der Waals surface area contributed by atoms with Crippen LogP contribution in [0.5, 0.6) is 0 Å². The van der Waals surface area contributed by atoms with E-state index in [2.05, 4.69) is 15.9 Å². The smallest absolute Gasteiger partial charge is 0.163 e. The molecule has 0 heterocycles. The Balaban J connectivity index is 2.17. The van der Waals surface area contributed by atoms with E-state index in [1.807, 2.05) is 0 Å². The maximum atomic E-state index is 13.0. The molecule has 0 N–H and O–H groups in total. The Morgan fingerprint density at radius 1 is 1.43 bits per heavy atom. The molecule has 14 heavy (non-hydrogen) atoms. The molecule has 0 amide bonds. The summed E-state index contributed by atoms with van der Waals surface area (Å²) in [6.45, 7) is 0. The molecule has 1 aromatic rings. The summed E-state index contributed by atoms with van der Waals surface area (Å²) >= 11 is 3.17. The van der Waals surface area contributed by atoms with Crippen molar-refractivity contribution in [3.63, 3.8) is 0 Å². The zero-order chi connectivity index (χ0) is 10.1. The minimum atomic E-state index is -0.362. The summed E-state index contributed by atoms with van der Waals surface area (Å²) in [5.74, 6) is 0.232. The first-order valence-electron chi connectivity index (χ1n) is 4.64. The van der Waals surface area contributed by atoms with Crippen LogP contribution in [0.3, 0.4) is 0 Å². The molecule has 1 fully saturated rings. The molecule has 1 aliphatic carbocycles. The quantitative estimate of drug-likeness (QED) is 0.756. The summed E-state index contributed by atoms with van der Waals surface area (Å²) in [6, 6.07) is 4.33. The first-order chi connectivity index (χ1) is 6.65. The van der Waals surface area contributed by atoms with Crippen LogP contribution in [0.2, 0.25) is 0 Å². The number of halogens is 2. The highest BCUT2D eigenvalue weighted by Gasteiger charge is 2.25. The number of hydrogen-bond acceptors (Lipinski definition) is 1. The van der Waals surface area contributed by atoms with Gasteiger partial charge >= 0.3 is 0 Å². The van der Waals surface area contributed by atoms with E-state index >= 15 is 0 Å². The van der Waals surface area contributed by atoms with Gasteiger partial charge in [0.05, 0.1) is 0 Å². The van der Waals surface area contributed by atoms with Gasteiger partial charge in [-0.1, -0.05) is 15.9 Å². The van der Waals surface area contributed by atoms with Crippen molar-refractivity contribution in [2.45, 2.75) is 19.3 Å². The number of carbonyl (C=O) groups is 1. The molecule has 0 atom stereocenters. The summed E-state index contributed by atoms with van der Waals surface area (Å²) in [5, 5.41) is 0. The van der Waals surface area contributed by atoms with Crippen LogP contribution in [0.4, 0.5) is 4.39 Å². The SMILES string of the molecule is O=C(CC1CC1)c1cc(F)cc(Br)c1. The van der Waals surface area contributed by atoms with E-state index in [9.17, 15) is 9.18 Å². The first-order valence-corrected chi connectivity index (χ1v) is 5.44. The van der Waals surface area contributed by atoms with Gasteiger partial charge in [0.15, 0.2) is 5.78 Å². The Kier molecular flexibility index (Phi) is 2.68. The molecule has 0 unspecified atom stereocenters. The molecule has 0 aliphatic heterocycles. The van der Waals surface area contributed by atoms with Crippen LogP contribution in [0.25, 0.3) is 0 Å². The maximum Gasteiger partial charge on any atom is 0.163 e. The molecule has 74 valence electrons. The Morgan fingerprint density at radius 2 is 2.14 bits per heavy atom. The summed E-state index contributed by atoms with van der Waals surface area (Å²) in [4.78, 5) is 11.6. The van der Waals surface area contributed by atoms with Gasteiger partial charge in [-0.05, 0) is 37.0 Å². The maximum absolute atomic E-state index is 13.0. The summed E-state index contributed by atoms with van der Waals surface area (Å²) < 4.78 is 13.6. The molecular formula is C11H10BrFO. The van der Waals surface area contributed by atoms with Crippen molar-refractivity contribution in [1.29, 1.82) is 0 Å². The number of hydrogen-bond donors (Lipinski definition) is 0. The molecule has 1 saturated carbocycles. The zero-order valence-corrected chi connectivity index (χ0v) is 9.18. The van der Waals surface area contributed by atoms with Crippen LogP contribution in [0.15, 0.2) is 22.7 Å². The van der Waals surface area contributed by atoms with E-state index in [1.165, 1.54) is 12.1 Å². The Morgan fingerprint density at radius 3 is 2.71 bits per heavy atom. The van der Waals surface area contributed by atoms with Crippen molar-refractivity contribution in [3.8, 4) is 0 Å². The third-order valence-corrected chi connectivity index (χ3v) is 2.81. The molecule has 0 bridgehead atoms. The number of carbonyl (C=O) groups excluding carboxylic acids is 1. The third-order valence-electron chi connectivity index (χ3n) is 2.36. The molecule has 0 spiro atoms. The molecule has 1 aromatic carbocycles. The fourth-order valence-corrected chi connectivity index (χ4v) is 1.88. The average molecular weight is 257 g/mol. The Labute approximate surface area is 90.4 Å². The third kappa shape index (κ3) is 2.41. The minimum Gasteiger partial charge on any atom is -0.294 e. The highest BCUT2D eigenvalue weighted by Crippen LogP contribution is 2.33. The number of ketones is 1. The summed E-state index contributed by atoms with van der Waals surface area (Å²) in [7, 11) is 0. The van der Waals surface area contributed by atoms with Crippen LogP contribution in [-0.4, -0.2) is 5.78 Å². The van der Waals surface area contributed by atoms with Crippen molar-refractivity contribution < 1.29 is 9.18 Å². The second-order valence-electron chi connectivity index (χ2n) is 3.73. The second-order valence-corrected chi connectivity index (χ2v) is 4.64. The van der Waals surface area contributed by atoms with Crippen molar-refractivity contribution in [3.05, 3.63) is 34.1 Å². The van der Waals surface area contributed by atoms with Gasteiger partial charge in [0.2, 0.25) is 0 Å². The van der Waals surface area contributed by atoms with Crippen LogP contribution in [0, 0.1) is 11.7 Å². The van der Waals surface area contributed by atoms with E-state index in [1.54, 1.807) is 6.07 Å². The summed E-state index contributed by atoms with van der Waals surface area (Å²) in [5.41, 5.74) is 0.476. The normalized spacial score (nSPS) is 15.6. The van der Waals surface area contributed by atoms with Gasteiger partial charge in [-0.2, -0.15) is 0 Å². The standard InChI is InChI=1S/C11H10BrFO/c12-9-4-8(5-10(13)6-9)11(14)3-7-1-2-7/h4-7H,1-3H2. The average Bonchev–Trinajstić information content (AvgIpc) is 2.86. The lowest BCUT2D eigenvalue weighted by Gasteiger charge is -2.00. The van der Waals surface area contributed by atoms with Gasteiger partial charge < -0.3 is 0 Å². The lowest BCUT2D eigenvalue weighted by molar-refractivity contribution is 0.0975. The van der Waals surface area contributed by atoms with Gasteiger partial charge in [0.25, 0.3) is 0 Å². The van der Waals surface area contributed by atoms with E-state index in [0.717, 1.165) is 12.8 Å². The molecule has 1 aliphatic rings. The lowest BCUT2D eigenvalue weighted by Crippen LogP contribution is -2.00. The number of rotatable bonds is 3. The van der Waals surface area contributed by atoms with Crippen molar-refractivity contribution in [2.24, 2.45) is 5.92 Å². The largest absolute Gasteiger partial charge is 0.294 e. The van der Waals surface area contributed by atoms with Crippen LogP contribution < -0.4 is 0 Å². The fourth-order valence-electron chi connectivity index (χ4n) is 1.42. The van der Waals surface area contributed by atoms with Crippen molar-refractivity contribution in [2.75, 3.05) is 0 Å². The molecule has 0 radical (unpaired) electrons. The highest BCUT2D eigenvalue weighted by atomic mass is 79.9. The fraction of sp³-hybridized carbons (Fsp3) is 0.364. The van der Waals surface area contributed by atoms with Gasteiger partial charge in [0.1, 0.15) is 5.82 Å². The topological polar surface area (TPSA) is 17.1 Å². The van der Waals surface area contributed by atoms with Crippen LogP contribution >= 0.6 is 15.9 Å². The monoisotopic (exact) mass is 256 g/mol. The molecular weight excluding hydrogens is 247 g/mol.